The summed E-state index contributed by atoms with van der Waals surface area (Å²) in [5.74, 6) is -0.155. The van der Waals surface area contributed by atoms with Crippen LogP contribution in [0.25, 0.3) is 11.0 Å². The van der Waals surface area contributed by atoms with Crippen LogP contribution in [0.3, 0.4) is 0 Å². The number of nitrogens with zero attached hydrogens (tertiary/aromatic N) is 2. The number of carbonyl (C=O) groups is 2. The summed E-state index contributed by atoms with van der Waals surface area (Å²) in [6.45, 7) is 1.92. The zero-order valence-electron chi connectivity index (χ0n) is 13.3. The van der Waals surface area contributed by atoms with Crippen LogP contribution in [0.15, 0.2) is 54.6 Å². The topological polar surface area (TPSA) is 90.0 Å². The summed E-state index contributed by atoms with van der Waals surface area (Å²) in [6.07, 6.45) is 0. The van der Waals surface area contributed by atoms with Crippen molar-refractivity contribution < 1.29 is 9.59 Å². The molecule has 0 spiro atoms. The van der Waals surface area contributed by atoms with Crippen molar-refractivity contribution in [3.8, 4) is 0 Å². The number of imidazole rings is 1. The van der Waals surface area contributed by atoms with Crippen LogP contribution in [0.4, 0.5) is 0 Å². The molecule has 2 aromatic carbocycles. The molecule has 2 amide bonds. The van der Waals surface area contributed by atoms with E-state index in [0.717, 1.165) is 16.9 Å². The molecule has 0 aliphatic carbocycles. The fraction of sp³-hybridized carbons (Fsp3) is 0.167. The van der Waals surface area contributed by atoms with Crippen LogP contribution in [-0.2, 0) is 16.1 Å². The van der Waals surface area contributed by atoms with Crippen molar-refractivity contribution in [2.45, 2.75) is 19.5 Å². The minimum absolute atomic E-state index is 0.0724. The fourth-order valence-electron chi connectivity index (χ4n) is 2.71. The van der Waals surface area contributed by atoms with Crippen molar-refractivity contribution in [2.75, 3.05) is 0 Å². The van der Waals surface area contributed by atoms with E-state index in [1.165, 1.54) is 0 Å². The van der Waals surface area contributed by atoms with Gasteiger partial charge in [0.2, 0.25) is 11.8 Å². The molecule has 0 radical (unpaired) electrons. The minimum Gasteiger partial charge on any atom is -0.368 e. The van der Waals surface area contributed by atoms with E-state index in [1.807, 2.05) is 41.8 Å². The van der Waals surface area contributed by atoms with Crippen molar-refractivity contribution in [3.63, 3.8) is 0 Å². The predicted molar refractivity (Wildman–Crippen MR) is 91.0 cm³/mol. The number of primary amides is 1. The third kappa shape index (κ3) is 3.12. The summed E-state index contributed by atoms with van der Waals surface area (Å²) in [5, 5.41) is 2.70. The number of benzene rings is 2. The molecule has 6 heteroatoms. The number of carbonyl (C=O) groups excluding carboxylic acids is 2. The molecule has 1 aromatic heterocycles. The van der Waals surface area contributed by atoms with E-state index >= 15 is 0 Å². The number of rotatable bonds is 5. The van der Waals surface area contributed by atoms with Gasteiger partial charge in [0.1, 0.15) is 18.4 Å². The van der Waals surface area contributed by atoms with Crippen molar-refractivity contribution in [2.24, 2.45) is 5.73 Å². The van der Waals surface area contributed by atoms with Gasteiger partial charge < -0.3 is 15.6 Å². The fourth-order valence-corrected chi connectivity index (χ4v) is 2.71. The zero-order valence-corrected chi connectivity index (χ0v) is 13.3. The molecule has 122 valence electrons. The molecule has 3 N–H and O–H groups in total. The predicted octanol–water partition coefficient (Wildman–Crippen LogP) is 1.69. The molecule has 6 nitrogen and oxygen atoms in total. The van der Waals surface area contributed by atoms with Gasteiger partial charge in [0.15, 0.2) is 0 Å². The van der Waals surface area contributed by atoms with Gasteiger partial charge in [-0.25, -0.2) is 4.98 Å². The van der Waals surface area contributed by atoms with Gasteiger partial charge in [-0.15, -0.1) is 0 Å². The molecule has 0 saturated carbocycles. The molecule has 0 saturated heterocycles. The molecule has 24 heavy (non-hydrogen) atoms. The van der Waals surface area contributed by atoms with Crippen LogP contribution < -0.4 is 11.1 Å². The van der Waals surface area contributed by atoms with Crippen LogP contribution in [0.5, 0.6) is 0 Å². The Morgan fingerprint density at radius 2 is 1.79 bits per heavy atom. The lowest BCUT2D eigenvalue weighted by Crippen LogP contribution is -2.39. The largest absolute Gasteiger partial charge is 0.368 e. The Morgan fingerprint density at radius 1 is 1.12 bits per heavy atom. The first-order valence-corrected chi connectivity index (χ1v) is 7.62. The molecule has 0 fully saturated rings. The van der Waals surface area contributed by atoms with Crippen molar-refractivity contribution in [1.82, 2.24) is 14.9 Å². The van der Waals surface area contributed by atoms with E-state index in [2.05, 4.69) is 10.3 Å². The van der Waals surface area contributed by atoms with Gasteiger partial charge in [-0.1, -0.05) is 42.5 Å². The highest BCUT2D eigenvalue weighted by molar-refractivity contribution is 5.88. The SMILES string of the molecule is Cc1nc2ccccc2n1CC(=O)N[C@H](C(N)=O)c1ccccc1. The highest BCUT2D eigenvalue weighted by Gasteiger charge is 2.20. The summed E-state index contributed by atoms with van der Waals surface area (Å²) in [7, 11) is 0. The normalized spacial score (nSPS) is 12.0. The van der Waals surface area contributed by atoms with E-state index in [0.29, 0.717) is 5.56 Å². The number of fused-ring (bicyclic) bond motifs is 1. The molecule has 1 atom stereocenters. The maximum absolute atomic E-state index is 12.4. The zero-order chi connectivity index (χ0) is 17.1. The smallest absolute Gasteiger partial charge is 0.244 e. The highest BCUT2D eigenvalue weighted by atomic mass is 16.2. The van der Waals surface area contributed by atoms with Gasteiger partial charge in [0.25, 0.3) is 0 Å². The summed E-state index contributed by atoms with van der Waals surface area (Å²) in [6, 6.07) is 15.7. The van der Waals surface area contributed by atoms with Gasteiger partial charge in [-0.3, -0.25) is 9.59 Å². The summed E-state index contributed by atoms with van der Waals surface area (Å²) in [5.41, 5.74) is 7.80. The first-order valence-electron chi connectivity index (χ1n) is 7.62. The Morgan fingerprint density at radius 3 is 2.50 bits per heavy atom. The Labute approximate surface area is 139 Å². The number of para-hydroxylation sites is 2. The Bertz CT molecular complexity index is 886. The molecule has 3 aromatic rings. The van der Waals surface area contributed by atoms with Crippen LogP contribution in [0.1, 0.15) is 17.4 Å². The first kappa shape index (κ1) is 15.7. The van der Waals surface area contributed by atoms with E-state index < -0.39 is 11.9 Å². The van der Waals surface area contributed by atoms with Gasteiger partial charge in [0, 0.05) is 0 Å². The number of amides is 2. The van der Waals surface area contributed by atoms with Crippen LogP contribution in [-0.4, -0.2) is 21.4 Å². The molecule has 0 unspecified atom stereocenters. The second kappa shape index (κ2) is 6.54. The summed E-state index contributed by atoms with van der Waals surface area (Å²) in [4.78, 5) is 28.6. The highest BCUT2D eigenvalue weighted by Crippen LogP contribution is 2.16. The molecule has 1 heterocycles. The van der Waals surface area contributed by atoms with Gasteiger partial charge in [-0.2, -0.15) is 0 Å². The molecular formula is C18H18N4O2. The quantitative estimate of drug-likeness (QED) is 0.749. The number of hydrogen-bond acceptors (Lipinski definition) is 3. The Kier molecular flexibility index (Phi) is 4.29. The monoisotopic (exact) mass is 322 g/mol. The molecular weight excluding hydrogens is 304 g/mol. The van der Waals surface area contributed by atoms with Crippen molar-refractivity contribution in [3.05, 3.63) is 66.0 Å². The number of nitrogens with two attached hydrogens (primary N) is 1. The third-order valence-corrected chi connectivity index (χ3v) is 3.87. The second-order valence-electron chi connectivity index (χ2n) is 5.55. The summed E-state index contributed by atoms with van der Waals surface area (Å²) < 4.78 is 1.81. The molecule has 0 bridgehead atoms. The number of aryl methyl sites for hydroxylation is 1. The van der Waals surface area contributed by atoms with Gasteiger partial charge in [-0.05, 0) is 24.6 Å². The lowest BCUT2D eigenvalue weighted by molar-refractivity contribution is -0.127. The van der Waals surface area contributed by atoms with E-state index in [9.17, 15) is 9.59 Å². The Balaban J connectivity index is 1.81. The van der Waals surface area contributed by atoms with Crippen LogP contribution >= 0.6 is 0 Å². The average Bonchev–Trinajstić information content (AvgIpc) is 2.89. The van der Waals surface area contributed by atoms with E-state index in [1.54, 1.807) is 24.3 Å². The number of aromatic nitrogens is 2. The third-order valence-electron chi connectivity index (χ3n) is 3.87. The number of nitrogens with one attached hydrogen (secondary N) is 1. The van der Waals surface area contributed by atoms with Crippen molar-refractivity contribution >= 4 is 22.8 Å². The van der Waals surface area contributed by atoms with Crippen molar-refractivity contribution in [1.29, 1.82) is 0 Å². The second-order valence-corrected chi connectivity index (χ2v) is 5.55. The standard InChI is InChI=1S/C18H18N4O2/c1-12-20-14-9-5-6-10-15(14)22(12)11-16(23)21-17(18(19)24)13-7-3-2-4-8-13/h2-10,17H,11H2,1H3,(H2,19,24)(H,21,23)/t17-/m0/s1. The average molecular weight is 322 g/mol. The first-order chi connectivity index (χ1) is 11.6. The van der Waals surface area contributed by atoms with E-state index in [4.69, 9.17) is 5.73 Å². The Hall–Kier alpha value is -3.15. The van der Waals surface area contributed by atoms with Gasteiger partial charge in [0.05, 0.1) is 11.0 Å². The molecule has 3 rings (SSSR count). The van der Waals surface area contributed by atoms with Crippen LogP contribution in [0.2, 0.25) is 0 Å². The number of hydrogen-bond donors (Lipinski definition) is 2. The lowest BCUT2D eigenvalue weighted by atomic mass is 10.1. The molecule has 0 aliphatic heterocycles. The maximum Gasteiger partial charge on any atom is 0.244 e. The van der Waals surface area contributed by atoms with Gasteiger partial charge >= 0.3 is 0 Å². The molecule has 0 aliphatic rings. The summed E-state index contributed by atoms with van der Waals surface area (Å²) >= 11 is 0. The van der Waals surface area contributed by atoms with Crippen LogP contribution in [0, 0.1) is 6.92 Å². The maximum atomic E-state index is 12.4. The van der Waals surface area contributed by atoms with E-state index in [-0.39, 0.29) is 12.5 Å². The minimum atomic E-state index is -0.853. The lowest BCUT2D eigenvalue weighted by Gasteiger charge is -2.16.